The Kier molecular flexibility index (Phi) is 4.51. The van der Waals surface area contributed by atoms with Crippen LogP contribution in [0.25, 0.3) is 0 Å². The van der Waals surface area contributed by atoms with Crippen LogP contribution in [0.3, 0.4) is 0 Å². The molecule has 0 saturated carbocycles. The van der Waals surface area contributed by atoms with Crippen LogP contribution in [-0.4, -0.2) is 22.2 Å². The largest absolute Gasteiger partial charge is 0.481 e. The minimum Gasteiger partial charge on any atom is -0.481 e. The van der Waals surface area contributed by atoms with Gasteiger partial charge in [0.25, 0.3) is 0 Å². The number of allylic oxidation sites excluding steroid dienone is 1. The smallest absolute Gasteiger partial charge is 0.310 e. The van der Waals surface area contributed by atoms with Crippen LogP contribution in [0.15, 0.2) is 25.3 Å². The van der Waals surface area contributed by atoms with Crippen LogP contribution in [-0.2, 0) is 9.59 Å². The first-order valence-corrected chi connectivity index (χ1v) is 3.72. The van der Waals surface area contributed by atoms with E-state index in [0.717, 1.165) is 0 Å². The van der Waals surface area contributed by atoms with Crippen LogP contribution in [0.4, 0.5) is 0 Å². The van der Waals surface area contributed by atoms with Gasteiger partial charge in [-0.25, -0.2) is 0 Å². The molecule has 0 fully saturated rings. The molecule has 0 aromatic heterocycles. The molecule has 0 aliphatic rings. The summed E-state index contributed by atoms with van der Waals surface area (Å²) in [5, 5.41) is 17.1. The predicted molar refractivity (Wildman–Crippen MR) is 47.3 cm³/mol. The van der Waals surface area contributed by atoms with Crippen molar-refractivity contribution in [3.63, 3.8) is 0 Å². The van der Waals surface area contributed by atoms with Crippen molar-refractivity contribution in [3.05, 3.63) is 25.3 Å². The molecule has 72 valence electrons. The Bertz CT molecular complexity index is 232. The van der Waals surface area contributed by atoms with E-state index in [1.165, 1.54) is 12.2 Å². The van der Waals surface area contributed by atoms with Crippen LogP contribution in [0.2, 0.25) is 0 Å². The molecule has 0 heterocycles. The van der Waals surface area contributed by atoms with Crippen LogP contribution in [0, 0.1) is 11.8 Å². The van der Waals surface area contributed by atoms with Gasteiger partial charge in [-0.2, -0.15) is 0 Å². The van der Waals surface area contributed by atoms with Gasteiger partial charge in [0.15, 0.2) is 0 Å². The molecule has 0 aliphatic carbocycles. The number of carbonyl (C=O) groups is 2. The molecule has 2 N–H and O–H groups in total. The maximum absolute atomic E-state index is 10.6. The summed E-state index contributed by atoms with van der Waals surface area (Å²) in [5.74, 6) is -3.61. The molecular weight excluding hydrogens is 172 g/mol. The molecule has 0 spiro atoms. The third-order valence-electron chi connectivity index (χ3n) is 1.71. The Hall–Kier alpha value is -1.58. The van der Waals surface area contributed by atoms with Crippen LogP contribution >= 0.6 is 0 Å². The molecule has 0 bridgehead atoms. The fraction of sp³-hybridized carbons (Fsp3) is 0.333. The van der Waals surface area contributed by atoms with Gasteiger partial charge >= 0.3 is 11.9 Å². The first-order valence-electron chi connectivity index (χ1n) is 3.72. The molecule has 2 unspecified atom stereocenters. The van der Waals surface area contributed by atoms with E-state index in [1.807, 2.05) is 0 Å². The van der Waals surface area contributed by atoms with Crippen molar-refractivity contribution in [2.75, 3.05) is 0 Å². The molecule has 4 nitrogen and oxygen atoms in total. The average Bonchev–Trinajstić information content (AvgIpc) is 2.02. The minimum atomic E-state index is -1.08. The summed E-state index contributed by atoms with van der Waals surface area (Å²) in [6, 6.07) is 0. The van der Waals surface area contributed by atoms with Crippen molar-refractivity contribution in [3.8, 4) is 0 Å². The van der Waals surface area contributed by atoms with Crippen LogP contribution < -0.4 is 0 Å². The van der Waals surface area contributed by atoms with Crippen molar-refractivity contribution in [2.45, 2.75) is 6.42 Å². The van der Waals surface area contributed by atoms with Gasteiger partial charge in [0, 0.05) is 5.92 Å². The molecule has 0 amide bonds. The topological polar surface area (TPSA) is 74.6 Å². The quantitative estimate of drug-likeness (QED) is 0.607. The normalized spacial score (nSPS) is 14.2. The molecule has 0 aromatic carbocycles. The van der Waals surface area contributed by atoms with Crippen LogP contribution in [0.1, 0.15) is 6.42 Å². The summed E-state index contributed by atoms with van der Waals surface area (Å²) >= 11 is 0. The van der Waals surface area contributed by atoms with E-state index in [4.69, 9.17) is 10.2 Å². The van der Waals surface area contributed by atoms with Crippen molar-refractivity contribution in [1.82, 2.24) is 0 Å². The highest BCUT2D eigenvalue weighted by atomic mass is 16.4. The van der Waals surface area contributed by atoms with Crippen molar-refractivity contribution >= 4 is 11.9 Å². The summed E-state index contributed by atoms with van der Waals surface area (Å²) in [6.07, 6.45) is 2.30. The Labute approximate surface area is 76.2 Å². The summed E-state index contributed by atoms with van der Waals surface area (Å²) in [6.45, 7) is 6.73. The lowest BCUT2D eigenvalue weighted by Crippen LogP contribution is -2.22. The van der Waals surface area contributed by atoms with E-state index >= 15 is 0 Å². The van der Waals surface area contributed by atoms with E-state index in [0.29, 0.717) is 0 Å². The summed E-state index contributed by atoms with van der Waals surface area (Å²) in [5.41, 5.74) is 0. The highest BCUT2D eigenvalue weighted by Gasteiger charge is 2.24. The third kappa shape index (κ3) is 3.55. The van der Waals surface area contributed by atoms with Crippen molar-refractivity contribution < 1.29 is 19.8 Å². The summed E-state index contributed by atoms with van der Waals surface area (Å²) in [4.78, 5) is 20.9. The van der Waals surface area contributed by atoms with Gasteiger partial charge in [-0.1, -0.05) is 12.2 Å². The molecule has 0 radical (unpaired) electrons. The third-order valence-corrected chi connectivity index (χ3v) is 1.71. The number of carboxylic acids is 2. The van der Waals surface area contributed by atoms with E-state index in [9.17, 15) is 9.59 Å². The standard InChI is InChI=1S/C9H12O4/c1-3-6(5-8(10)11)7(4-2)9(12)13/h3-4,6-7H,1-2,5H2,(H,10,11)(H,12,13). The van der Waals surface area contributed by atoms with Gasteiger partial charge in [-0.3, -0.25) is 9.59 Å². The minimum absolute atomic E-state index is 0.244. The number of carboxylic acid groups (broad SMARTS) is 2. The zero-order valence-corrected chi connectivity index (χ0v) is 7.14. The van der Waals surface area contributed by atoms with Crippen molar-refractivity contribution in [2.24, 2.45) is 11.8 Å². The monoisotopic (exact) mass is 184 g/mol. The molecule has 0 aliphatic heterocycles. The molecular formula is C9H12O4. The molecule has 13 heavy (non-hydrogen) atoms. The summed E-state index contributed by atoms with van der Waals surface area (Å²) < 4.78 is 0. The highest BCUT2D eigenvalue weighted by Crippen LogP contribution is 2.18. The Balaban J connectivity index is 4.51. The van der Waals surface area contributed by atoms with E-state index in [1.54, 1.807) is 0 Å². The summed E-state index contributed by atoms with van der Waals surface area (Å²) in [7, 11) is 0. The number of hydrogen-bond donors (Lipinski definition) is 2. The van der Waals surface area contributed by atoms with E-state index < -0.39 is 23.8 Å². The maximum atomic E-state index is 10.6. The second kappa shape index (κ2) is 5.13. The average molecular weight is 184 g/mol. The molecule has 4 heteroatoms. The van der Waals surface area contributed by atoms with Gasteiger partial charge in [-0.15, -0.1) is 13.2 Å². The highest BCUT2D eigenvalue weighted by molar-refractivity contribution is 5.75. The lowest BCUT2D eigenvalue weighted by atomic mass is 9.90. The van der Waals surface area contributed by atoms with Gasteiger partial charge in [-0.05, 0) is 0 Å². The SMILES string of the molecule is C=CC(CC(=O)O)C(C=C)C(=O)O. The van der Waals surface area contributed by atoms with Crippen LogP contribution in [0.5, 0.6) is 0 Å². The number of hydrogen-bond acceptors (Lipinski definition) is 2. The van der Waals surface area contributed by atoms with Gasteiger partial charge < -0.3 is 10.2 Å². The first kappa shape index (κ1) is 11.4. The van der Waals surface area contributed by atoms with Gasteiger partial charge in [0.1, 0.15) is 0 Å². The lowest BCUT2D eigenvalue weighted by Gasteiger charge is -2.14. The number of aliphatic carboxylic acids is 2. The second-order valence-corrected chi connectivity index (χ2v) is 2.60. The molecule has 0 rings (SSSR count). The van der Waals surface area contributed by atoms with Gasteiger partial charge in [0.2, 0.25) is 0 Å². The van der Waals surface area contributed by atoms with Crippen molar-refractivity contribution in [1.29, 1.82) is 0 Å². The Morgan fingerprint density at radius 3 is 2.00 bits per heavy atom. The lowest BCUT2D eigenvalue weighted by molar-refractivity contribution is -0.142. The first-order chi connectivity index (χ1) is 6.02. The van der Waals surface area contributed by atoms with Gasteiger partial charge in [0.05, 0.1) is 12.3 Å². The predicted octanol–water partition coefficient (Wildman–Crippen LogP) is 1.15. The fourth-order valence-corrected chi connectivity index (χ4v) is 1.02. The number of rotatable bonds is 6. The molecule has 0 saturated heterocycles. The van der Waals surface area contributed by atoms with E-state index in [2.05, 4.69) is 13.2 Å². The Morgan fingerprint density at radius 2 is 1.77 bits per heavy atom. The molecule has 2 atom stereocenters. The maximum Gasteiger partial charge on any atom is 0.310 e. The van der Waals surface area contributed by atoms with E-state index in [-0.39, 0.29) is 6.42 Å². The Morgan fingerprint density at radius 1 is 1.23 bits per heavy atom. The zero-order valence-electron chi connectivity index (χ0n) is 7.14. The zero-order chi connectivity index (χ0) is 10.4. The fourth-order valence-electron chi connectivity index (χ4n) is 1.02. The second-order valence-electron chi connectivity index (χ2n) is 2.60. The molecule has 0 aromatic rings.